The summed E-state index contributed by atoms with van der Waals surface area (Å²) in [5, 5.41) is 3.05. The first-order valence-electron chi connectivity index (χ1n) is 6.55. The molecule has 7 heteroatoms. The van der Waals surface area contributed by atoms with E-state index in [4.69, 9.17) is 11.6 Å². The summed E-state index contributed by atoms with van der Waals surface area (Å²) in [5.74, 6) is 0.00168. The lowest BCUT2D eigenvalue weighted by Crippen LogP contribution is -3.15. The summed E-state index contributed by atoms with van der Waals surface area (Å²) in [4.78, 5) is 30.1. The standard InChI is InChI=1S/C13H17ClN4O2/c1-10(19)18-7-5-17(6-8-18)9-12(20)16-11-3-2-4-15-13(11)14/h2-4H,5-9H2,1H3,(H,16,20)/p+1. The van der Waals surface area contributed by atoms with Crippen LogP contribution in [0, 0.1) is 0 Å². The van der Waals surface area contributed by atoms with Gasteiger partial charge in [0, 0.05) is 13.1 Å². The van der Waals surface area contributed by atoms with Crippen molar-refractivity contribution in [3.05, 3.63) is 23.5 Å². The maximum Gasteiger partial charge on any atom is 0.279 e. The molecule has 1 aliphatic heterocycles. The zero-order valence-electron chi connectivity index (χ0n) is 11.4. The predicted octanol–water partition coefficient (Wildman–Crippen LogP) is -0.579. The second kappa shape index (κ2) is 6.67. The molecule has 0 aromatic carbocycles. The highest BCUT2D eigenvalue weighted by Gasteiger charge is 2.23. The van der Waals surface area contributed by atoms with E-state index in [0.29, 0.717) is 25.3 Å². The number of carbonyl (C=O) groups is 2. The predicted molar refractivity (Wildman–Crippen MR) is 75.7 cm³/mol. The Kier molecular flexibility index (Phi) is 4.92. The van der Waals surface area contributed by atoms with E-state index in [1.54, 1.807) is 30.2 Å². The zero-order valence-corrected chi connectivity index (χ0v) is 12.1. The monoisotopic (exact) mass is 297 g/mol. The maximum atomic E-state index is 11.9. The Labute approximate surface area is 122 Å². The average Bonchev–Trinajstić information content (AvgIpc) is 2.42. The summed E-state index contributed by atoms with van der Waals surface area (Å²) in [7, 11) is 0. The van der Waals surface area contributed by atoms with Gasteiger partial charge >= 0.3 is 0 Å². The highest BCUT2D eigenvalue weighted by Crippen LogP contribution is 2.16. The number of hydrogen-bond acceptors (Lipinski definition) is 3. The first-order valence-corrected chi connectivity index (χ1v) is 6.93. The molecule has 2 N–H and O–H groups in total. The van der Waals surface area contributed by atoms with E-state index in [1.165, 1.54) is 4.90 Å². The van der Waals surface area contributed by atoms with Crippen molar-refractivity contribution < 1.29 is 14.5 Å². The number of halogens is 1. The summed E-state index contributed by atoms with van der Waals surface area (Å²) in [5.41, 5.74) is 0.529. The van der Waals surface area contributed by atoms with Crippen molar-refractivity contribution in [3.8, 4) is 0 Å². The molecular weight excluding hydrogens is 280 g/mol. The van der Waals surface area contributed by atoms with Crippen LogP contribution in [0.4, 0.5) is 5.69 Å². The molecule has 20 heavy (non-hydrogen) atoms. The van der Waals surface area contributed by atoms with Crippen molar-refractivity contribution in [1.82, 2.24) is 9.88 Å². The van der Waals surface area contributed by atoms with Crippen LogP contribution < -0.4 is 10.2 Å². The molecule has 108 valence electrons. The first kappa shape index (κ1) is 14.7. The van der Waals surface area contributed by atoms with E-state index in [-0.39, 0.29) is 17.0 Å². The van der Waals surface area contributed by atoms with Crippen LogP contribution in [0.15, 0.2) is 18.3 Å². The Balaban J connectivity index is 1.81. The molecule has 2 amide bonds. The topological polar surface area (TPSA) is 66.7 Å². The van der Waals surface area contributed by atoms with Gasteiger partial charge in [-0.25, -0.2) is 4.98 Å². The Morgan fingerprint density at radius 3 is 2.75 bits per heavy atom. The highest BCUT2D eigenvalue weighted by atomic mass is 35.5. The Morgan fingerprint density at radius 1 is 1.45 bits per heavy atom. The van der Waals surface area contributed by atoms with E-state index in [9.17, 15) is 9.59 Å². The zero-order chi connectivity index (χ0) is 14.5. The number of hydrogen-bond donors (Lipinski definition) is 2. The molecule has 2 heterocycles. The number of carbonyl (C=O) groups excluding carboxylic acids is 2. The molecule has 1 aromatic rings. The van der Waals surface area contributed by atoms with Gasteiger partial charge in [0.1, 0.15) is 0 Å². The number of anilines is 1. The van der Waals surface area contributed by atoms with Crippen molar-refractivity contribution in [3.63, 3.8) is 0 Å². The fraction of sp³-hybridized carbons (Fsp3) is 0.462. The molecule has 0 saturated carbocycles. The third-order valence-corrected chi connectivity index (χ3v) is 3.66. The van der Waals surface area contributed by atoms with Crippen LogP contribution in [0.5, 0.6) is 0 Å². The first-order chi connectivity index (χ1) is 9.56. The quantitative estimate of drug-likeness (QED) is 0.734. The van der Waals surface area contributed by atoms with E-state index in [2.05, 4.69) is 10.3 Å². The van der Waals surface area contributed by atoms with Crippen molar-refractivity contribution >= 4 is 29.1 Å². The molecule has 1 fully saturated rings. The van der Waals surface area contributed by atoms with Crippen LogP contribution >= 0.6 is 11.6 Å². The number of piperazine rings is 1. The molecule has 0 atom stereocenters. The van der Waals surface area contributed by atoms with Gasteiger partial charge in [-0.15, -0.1) is 0 Å². The molecule has 1 aliphatic rings. The van der Waals surface area contributed by atoms with Gasteiger partial charge in [-0.2, -0.15) is 0 Å². The van der Waals surface area contributed by atoms with Gasteiger partial charge in [0.25, 0.3) is 5.91 Å². The van der Waals surface area contributed by atoms with E-state index < -0.39 is 0 Å². The van der Waals surface area contributed by atoms with Gasteiger partial charge in [0.2, 0.25) is 5.91 Å². The third kappa shape index (κ3) is 3.91. The molecule has 0 radical (unpaired) electrons. The van der Waals surface area contributed by atoms with Crippen molar-refractivity contribution in [1.29, 1.82) is 0 Å². The lowest BCUT2D eigenvalue weighted by atomic mass is 10.3. The van der Waals surface area contributed by atoms with Crippen molar-refractivity contribution in [2.24, 2.45) is 0 Å². The minimum Gasteiger partial charge on any atom is -0.332 e. The smallest absolute Gasteiger partial charge is 0.279 e. The number of aromatic nitrogens is 1. The second-order valence-electron chi connectivity index (χ2n) is 4.82. The van der Waals surface area contributed by atoms with E-state index >= 15 is 0 Å². The van der Waals surface area contributed by atoms with Gasteiger partial charge in [0.15, 0.2) is 11.7 Å². The van der Waals surface area contributed by atoms with Crippen LogP contribution in [0.2, 0.25) is 5.15 Å². The van der Waals surface area contributed by atoms with Gasteiger partial charge in [-0.1, -0.05) is 11.6 Å². The van der Waals surface area contributed by atoms with Crippen LogP contribution in [0.1, 0.15) is 6.92 Å². The lowest BCUT2D eigenvalue weighted by molar-refractivity contribution is -0.895. The molecule has 0 aliphatic carbocycles. The van der Waals surface area contributed by atoms with Crippen LogP contribution in [-0.2, 0) is 9.59 Å². The summed E-state index contributed by atoms with van der Waals surface area (Å²) in [6, 6.07) is 3.44. The van der Waals surface area contributed by atoms with E-state index in [1.807, 2.05) is 0 Å². The van der Waals surface area contributed by atoms with E-state index in [0.717, 1.165) is 13.1 Å². The Bertz CT molecular complexity index is 501. The van der Waals surface area contributed by atoms with Gasteiger partial charge in [0.05, 0.1) is 31.9 Å². The number of quaternary nitrogens is 1. The molecular formula is C13H18ClN4O2+. The molecule has 0 spiro atoms. The normalized spacial score (nSPS) is 16.0. The SMILES string of the molecule is CC(=O)N1CC[NH+](CC(=O)Nc2cccnc2Cl)CC1. The fourth-order valence-electron chi connectivity index (χ4n) is 2.22. The lowest BCUT2D eigenvalue weighted by Gasteiger charge is -2.31. The average molecular weight is 298 g/mol. The number of rotatable bonds is 3. The third-order valence-electron chi connectivity index (χ3n) is 3.36. The highest BCUT2D eigenvalue weighted by molar-refractivity contribution is 6.32. The molecule has 0 bridgehead atoms. The van der Waals surface area contributed by atoms with Crippen molar-refractivity contribution in [2.75, 3.05) is 38.0 Å². The van der Waals surface area contributed by atoms with Gasteiger partial charge < -0.3 is 15.1 Å². The fourth-order valence-corrected chi connectivity index (χ4v) is 2.38. The van der Waals surface area contributed by atoms with Crippen molar-refractivity contribution in [2.45, 2.75) is 6.92 Å². The molecule has 1 aromatic heterocycles. The minimum atomic E-state index is -0.0915. The minimum absolute atomic E-state index is 0.0915. The maximum absolute atomic E-state index is 11.9. The summed E-state index contributed by atoms with van der Waals surface area (Å²) in [6.07, 6.45) is 1.57. The summed E-state index contributed by atoms with van der Waals surface area (Å²) < 4.78 is 0. The summed E-state index contributed by atoms with van der Waals surface area (Å²) >= 11 is 5.89. The number of amides is 2. The number of nitrogens with zero attached hydrogens (tertiary/aromatic N) is 2. The summed E-state index contributed by atoms with van der Waals surface area (Å²) in [6.45, 7) is 4.91. The molecule has 6 nitrogen and oxygen atoms in total. The van der Waals surface area contributed by atoms with Crippen LogP contribution in [0.25, 0.3) is 0 Å². The molecule has 0 unspecified atom stereocenters. The van der Waals surface area contributed by atoms with Gasteiger partial charge in [-0.3, -0.25) is 9.59 Å². The Hall–Kier alpha value is -1.66. The molecule has 2 rings (SSSR count). The molecule has 1 saturated heterocycles. The number of nitrogens with one attached hydrogen (secondary N) is 2. The van der Waals surface area contributed by atoms with Crippen LogP contribution in [0.3, 0.4) is 0 Å². The largest absolute Gasteiger partial charge is 0.332 e. The number of pyridine rings is 1. The second-order valence-corrected chi connectivity index (χ2v) is 5.18. The van der Waals surface area contributed by atoms with Crippen LogP contribution in [-0.4, -0.2) is 54.4 Å². The Morgan fingerprint density at radius 2 is 2.15 bits per heavy atom. The van der Waals surface area contributed by atoms with Gasteiger partial charge in [-0.05, 0) is 12.1 Å².